The highest BCUT2D eigenvalue weighted by Gasteiger charge is 2.35. The molecule has 1 unspecified atom stereocenters. The highest BCUT2D eigenvalue weighted by Crippen LogP contribution is 2.35. The van der Waals surface area contributed by atoms with Crippen LogP contribution in [0.4, 0.5) is 0 Å². The van der Waals surface area contributed by atoms with Gasteiger partial charge in [0.1, 0.15) is 5.92 Å². The van der Waals surface area contributed by atoms with Gasteiger partial charge in [-0.25, -0.2) is 0 Å². The Morgan fingerprint density at radius 2 is 2.14 bits per heavy atom. The SMILES string of the molecule is N#CC(C(=O)C1CC1)c1ccncc1. The molecule has 0 bridgehead atoms. The van der Waals surface area contributed by atoms with Gasteiger partial charge in [0.2, 0.25) is 0 Å². The van der Waals surface area contributed by atoms with E-state index in [0.29, 0.717) is 0 Å². The summed E-state index contributed by atoms with van der Waals surface area (Å²) in [5.74, 6) is -0.392. The molecule has 70 valence electrons. The van der Waals surface area contributed by atoms with Crippen molar-refractivity contribution in [2.75, 3.05) is 0 Å². The van der Waals surface area contributed by atoms with Crippen molar-refractivity contribution in [1.82, 2.24) is 4.98 Å². The van der Waals surface area contributed by atoms with E-state index in [4.69, 9.17) is 5.26 Å². The van der Waals surface area contributed by atoms with Crippen LogP contribution in [-0.2, 0) is 4.79 Å². The fraction of sp³-hybridized carbons (Fsp3) is 0.364. The lowest BCUT2D eigenvalue weighted by molar-refractivity contribution is -0.120. The van der Waals surface area contributed by atoms with Crippen LogP contribution < -0.4 is 0 Å². The monoisotopic (exact) mass is 186 g/mol. The standard InChI is InChI=1S/C11H10N2O/c12-7-10(11(14)9-1-2-9)8-3-5-13-6-4-8/h3-6,9-10H,1-2H2. The Hall–Kier alpha value is -1.69. The second-order valence-corrected chi connectivity index (χ2v) is 3.52. The van der Waals surface area contributed by atoms with Gasteiger partial charge < -0.3 is 0 Å². The van der Waals surface area contributed by atoms with Crippen LogP contribution in [0.5, 0.6) is 0 Å². The first kappa shape index (κ1) is 8.89. The molecular weight excluding hydrogens is 176 g/mol. The minimum absolute atomic E-state index is 0.0682. The molecule has 3 heteroatoms. The van der Waals surface area contributed by atoms with Gasteiger partial charge >= 0.3 is 0 Å². The maximum absolute atomic E-state index is 11.7. The quantitative estimate of drug-likeness (QED) is 0.721. The topological polar surface area (TPSA) is 53.8 Å². The lowest BCUT2D eigenvalue weighted by atomic mass is 9.94. The van der Waals surface area contributed by atoms with Crippen molar-refractivity contribution in [2.45, 2.75) is 18.8 Å². The Labute approximate surface area is 82.4 Å². The summed E-state index contributed by atoms with van der Waals surface area (Å²) in [5, 5.41) is 8.94. The van der Waals surface area contributed by atoms with Crippen LogP contribution in [0.3, 0.4) is 0 Å². The van der Waals surface area contributed by atoms with Crippen molar-refractivity contribution in [3.8, 4) is 6.07 Å². The Balaban J connectivity index is 2.22. The Morgan fingerprint density at radius 3 is 2.64 bits per heavy atom. The van der Waals surface area contributed by atoms with Gasteiger partial charge in [-0.05, 0) is 30.5 Å². The number of nitriles is 1. The van der Waals surface area contributed by atoms with Crippen LogP contribution in [0, 0.1) is 17.2 Å². The molecule has 1 aromatic rings. The fourth-order valence-electron chi connectivity index (χ4n) is 1.46. The highest BCUT2D eigenvalue weighted by atomic mass is 16.1. The summed E-state index contributed by atoms with van der Waals surface area (Å²) in [7, 11) is 0. The smallest absolute Gasteiger partial charge is 0.157 e. The number of hydrogen-bond acceptors (Lipinski definition) is 3. The fourth-order valence-corrected chi connectivity index (χ4v) is 1.46. The molecule has 0 aliphatic heterocycles. The average molecular weight is 186 g/mol. The first-order valence-corrected chi connectivity index (χ1v) is 4.66. The third-order valence-corrected chi connectivity index (χ3v) is 2.43. The summed E-state index contributed by atoms with van der Waals surface area (Å²) < 4.78 is 0. The molecule has 1 aliphatic rings. The zero-order valence-electron chi connectivity index (χ0n) is 7.68. The summed E-state index contributed by atoms with van der Waals surface area (Å²) in [5.41, 5.74) is 0.763. The van der Waals surface area contributed by atoms with Gasteiger partial charge in [0.25, 0.3) is 0 Å². The molecule has 1 atom stereocenters. The number of nitrogens with zero attached hydrogens (tertiary/aromatic N) is 2. The van der Waals surface area contributed by atoms with E-state index in [1.807, 2.05) is 0 Å². The number of carbonyl (C=O) groups excluding carboxylic acids is 1. The molecule has 2 rings (SSSR count). The molecule has 3 nitrogen and oxygen atoms in total. The number of Topliss-reactive ketones (excluding diaryl/α,β-unsaturated/α-hetero) is 1. The number of aromatic nitrogens is 1. The number of pyridine rings is 1. The maximum atomic E-state index is 11.7. The van der Waals surface area contributed by atoms with E-state index < -0.39 is 5.92 Å². The summed E-state index contributed by atoms with van der Waals surface area (Å²) in [6, 6.07) is 5.52. The molecule has 1 aliphatic carbocycles. The first-order chi connectivity index (χ1) is 6.83. The number of rotatable bonds is 3. The lowest BCUT2D eigenvalue weighted by Gasteiger charge is -2.06. The molecule has 1 heterocycles. The number of ketones is 1. The second-order valence-electron chi connectivity index (χ2n) is 3.52. The average Bonchev–Trinajstić information content (AvgIpc) is 3.03. The van der Waals surface area contributed by atoms with E-state index in [2.05, 4.69) is 11.1 Å². The molecule has 0 spiro atoms. The van der Waals surface area contributed by atoms with Crippen LogP contribution in [0.1, 0.15) is 24.3 Å². The lowest BCUT2D eigenvalue weighted by Crippen LogP contribution is -2.12. The van der Waals surface area contributed by atoms with Gasteiger partial charge in [-0.2, -0.15) is 5.26 Å². The zero-order chi connectivity index (χ0) is 9.97. The Kier molecular flexibility index (Phi) is 2.28. The van der Waals surface area contributed by atoms with E-state index >= 15 is 0 Å². The van der Waals surface area contributed by atoms with Crippen LogP contribution >= 0.6 is 0 Å². The van der Waals surface area contributed by atoms with E-state index in [1.165, 1.54) is 0 Å². The maximum Gasteiger partial charge on any atom is 0.157 e. The number of hydrogen-bond donors (Lipinski definition) is 0. The van der Waals surface area contributed by atoms with Gasteiger partial charge in [-0.1, -0.05) is 0 Å². The zero-order valence-corrected chi connectivity index (χ0v) is 7.68. The van der Waals surface area contributed by atoms with Gasteiger partial charge in [-0.3, -0.25) is 9.78 Å². The van der Waals surface area contributed by atoms with Gasteiger partial charge in [0.15, 0.2) is 5.78 Å². The third-order valence-electron chi connectivity index (χ3n) is 2.43. The third kappa shape index (κ3) is 1.64. The molecule has 0 saturated heterocycles. The molecule has 0 aromatic carbocycles. The summed E-state index contributed by atoms with van der Waals surface area (Å²) in [4.78, 5) is 15.6. The Bertz CT molecular complexity index is 376. The predicted octanol–water partition coefficient (Wildman–Crippen LogP) is 1.67. The molecule has 0 amide bonds. The van der Waals surface area contributed by atoms with Gasteiger partial charge in [-0.15, -0.1) is 0 Å². The predicted molar refractivity (Wildman–Crippen MR) is 50.3 cm³/mol. The van der Waals surface area contributed by atoms with E-state index in [-0.39, 0.29) is 11.7 Å². The van der Waals surface area contributed by atoms with E-state index in [9.17, 15) is 4.79 Å². The van der Waals surface area contributed by atoms with Gasteiger partial charge in [0.05, 0.1) is 6.07 Å². The van der Waals surface area contributed by atoms with Crippen LogP contribution in [0.2, 0.25) is 0 Å². The molecule has 0 N–H and O–H groups in total. The summed E-state index contributed by atoms with van der Waals surface area (Å²) in [6.07, 6.45) is 5.11. The number of carbonyl (C=O) groups is 1. The molecule has 1 saturated carbocycles. The molecule has 1 fully saturated rings. The summed E-state index contributed by atoms with van der Waals surface area (Å²) >= 11 is 0. The second kappa shape index (κ2) is 3.59. The van der Waals surface area contributed by atoms with Crippen molar-refractivity contribution in [1.29, 1.82) is 5.26 Å². The minimum Gasteiger partial charge on any atom is -0.298 e. The highest BCUT2D eigenvalue weighted by molar-refractivity contribution is 5.91. The van der Waals surface area contributed by atoms with Crippen molar-refractivity contribution in [3.05, 3.63) is 30.1 Å². The van der Waals surface area contributed by atoms with E-state index in [1.54, 1.807) is 24.5 Å². The molecule has 14 heavy (non-hydrogen) atoms. The normalized spacial score (nSPS) is 17.1. The van der Waals surface area contributed by atoms with Crippen LogP contribution in [0.25, 0.3) is 0 Å². The molecular formula is C11H10N2O. The first-order valence-electron chi connectivity index (χ1n) is 4.66. The van der Waals surface area contributed by atoms with Crippen molar-refractivity contribution >= 4 is 5.78 Å². The van der Waals surface area contributed by atoms with Gasteiger partial charge in [0, 0.05) is 18.3 Å². The Morgan fingerprint density at radius 1 is 1.50 bits per heavy atom. The molecule has 0 radical (unpaired) electrons. The van der Waals surface area contributed by atoms with Crippen molar-refractivity contribution in [2.24, 2.45) is 5.92 Å². The summed E-state index contributed by atoms with van der Waals surface area (Å²) in [6.45, 7) is 0. The van der Waals surface area contributed by atoms with E-state index in [0.717, 1.165) is 18.4 Å². The largest absolute Gasteiger partial charge is 0.298 e. The van der Waals surface area contributed by atoms with Crippen LogP contribution in [-0.4, -0.2) is 10.8 Å². The van der Waals surface area contributed by atoms with Crippen LogP contribution in [0.15, 0.2) is 24.5 Å². The van der Waals surface area contributed by atoms with Crippen molar-refractivity contribution in [3.63, 3.8) is 0 Å². The molecule has 1 aromatic heterocycles. The minimum atomic E-state index is -0.592. The van der Waals surface area contributed by atoms with Crippen molar-refractivity contribution < 1.29 is 4.79 Å².